The molecule has 0 saturated heterocycles. The van der Waals surface area contributed by atoms with Crippen LogP contribution in [-0.2, 0) is 9.53 Å². The molecule has 1 aromatic heterocycles. The minimum absolute atomic E-state index is 0.0560. The van der Waals surface area contributed by atoms with Gasteiger partial charge in [0.15, 0.2) is 5.11 Å². The number of thiocarbonyl (C=S) groups is 1. The Morgan fingerprint density at radius 3 is 2.64 bits per heavy atom. The van der Waals surface area contributed by atoms with E-state index in [1.807, 2.05) is 18.2 Å². The molecule has 6 heteroatoms. The summed E-state index contributed by atoms with van der Waals surface area (Å²) in [5.74, 6) is -0.146. The molecule has 25 heavy (non-hydrogen) atoms. The second-order valence-electron chi connectivity index (χ2n) is 5.65. The highest BCUT2D eigenvalue weighted by molar-refractivity contribution is 7.80. The third-order valence-electron chi connectivity index (χ3n) is 3.81. The number of rotatable bonds is 9. The van der Waals surface area contributed by atoms with Gasteiger partial charge in [-0.05, 0) is 42.1 Å². The summed E-state index contributed by atoms with van der Waals surface area (Å²) in [6.45, 7) is 0.791. The Morgan fingerprint density at radius 2 is 1.96 bits per heavy atom. The minimum atomic E-state index is -0.146. The van der Waals surface area contributed by atoms with Crippen molar-refractivity contribution in [3.8, 4) is 0 Å². The van der Waals surface area contributed by atoms with Crippen molar-refractivity contribution in [3.05, 3.63) is 58.3 Å². The molecule has 2 N–H and O–H groups in total. The summed E-state index contributed by atoms with van der Waals surface area (Å²) in [7, 11) is 1.42. The molecule has 2 rings (SSSR count). The number of esters is 1. The lowest BCUT2D eigenvalue weighted by Gasteiger charge is -2.20. The Bertz CT molecular complexity index is 645. The van der Waals surface area contributed by atoms with E-state index in [0.29, 0.717) is 11.5 Å². The van der Waals surface area contributed by atoms with E-state index in [9.17, 15) is 4.79 Å². The second kappa shape index (κ2) is 10.8. The maximum Gasteiger partial charge on any atom is 0.305 e. The highest BCUT2D eigenvalue weighted by atomic mass is 32.1. The van der Waals surface area contributed by atoms with Gasteiger partial charge in [-0.15, -0.1) is 11.3 Å². The van der Waals surface area contributed by atoms with Crippen LogP contribution in [0.3, 0.4) is 0 Å². The van der Waals surface area contributed by atoms with Crippen molar-refractivity contribution >= 4 is 34.6 Å². The molecule has 0 radical (unpaired) electrons. The predicted octanol–water partition coefficient (Wildman–Crippen LogP) is 4.04. The van der Waals surface area contributed by atoms with E-state index in [1.165, 1.54) is 17.6 Å². The largest absolute Gasteiger partial charge is 0.469 e. The summed E-state index contributed by atoms with van der Waals surface area (Å²) in [4.78, 5) is 12.3. The zero-order valence-corrected chi connectivity index (χ0v) is 16.0. The molecule has 0 saturated carbocycles. The van der Waals surface area contributed by atoms with E-state index >= 15 is 0 Å². The lowest BCUT2D eigenvalue weighted by Crippen LogP contribution is -2.38. The normalized spacial score (nSPS) is 11.6. The first-order valence-electron chi connectivity index (χ1n) is 8.40. The van der Waals surface area contributed by atoms with Crippen LogP contribution in [0, 0.1) is 0 Å². The smallest absolute Gasteiger partial charge is 0.305 e. The minimum Gasteiger partial charge on any atom is -0.469 e. The van der Waals surface area contributed by atoms with Gasteiger partial charge in [-0.3, -0.25) is 4.79 Å². The van der Waals surface area contributed by atoms with Crippen LogP contribution in [0.5, 0.6) is 0 Å². The highest BCUT2D eigenvalue weighted by Gasteiger charge is 2.15. The maximum atomic E-state index is 11.1. The fourth-order valence-corrected chi connectivity index (χ4v) is 3.50. The number of carbonyl (C=O) groups excluding carboxylic acids is 1. The van der Waals surface area contributed by atoms with Gasteiger partial charge in [0.2, 0.25) is 0 Å². The van der Waals surface area contributed by atoms with E-state index in [2.05, 4.69) is 45.0 Å². The third-order valence-corrected chi connectivity index (χ3v) is 5.01. The van der Waals surface area contributed by atoms with Crippen LogP contribution < -0.4 is 10.6 Å². The van der Waals surface area contributed by atoms with E-state index in [0.717, 1.165) is 25.8 Å². The summed E-state index contributed by atoms with van der Waals surface area (Å²) in [5, 5.41) is 9.39. The third kappa shape index (κ3) is 6.84. The fourth-order valence-electron chi connectivity index (χ4n) is 2.48. The maximum absolute atomic E-state index is 11.1. The van der Waals surface area contributed by atoms with Crippen LogP contribution in [-0.4, -0.2) is 24.7 Å². The number of carbonyl (C=O) groups is 1. The van der Waals surface area contributed by atoms with E-state index in [4.69, 9.17) is 12.2 Å². The lowest BCUT2D eigenvalue weighted by atomic mass is 10.1. The highest BCUT2D eigenvalue weighted by Crippen LogP contribution is 2.25. The van der Waals surface area contributed by atoms with Crippen LogP contribution in [0.25, 0.3) is 0 Å². The molecule has 0 bridgehead atoms. The van der Waals surface area contributed by atoms with Crippen molar-refractivity contribution in [2.75, 3.05) is 13.7 Å². The molecule has 1 heterocycles. The quantitative estimate of drug-likeness (QED) is 0.393. The number of methoxy groups -OCH3 is 1. The molecule has 0 aliphatic heterocycles. The van der Waals surface area contributed by atoms with Crippen LogP contribution in [0.1, 0.15) is 42.2 Å². The van der Waals surface area contributed by atoms with Gasteiger partial charge in [0.05, 0.1) is 13.2 Å². The molecule has 4 nitrogen and oxygen atoms in total. The lowest BCUT2D eigenvalue weighted by molar-refractivity contribution is -0.140. The van der Waals surface area contributed by atoms with Gasteiger partial charge >= 0.3 is 5.97 Å². The average molecular weight is 377 g/mol. The Kier molecular flexibility index (Phi) is 8.42. The Balaban J connectivity index is 1.78. The van der Waals surface area contributed by atoms with Gasteiger partial charge in [-0.1, -0.05) is 42.8 Å². The molecule has 0 spiro atoms. The van der Waals surface area contributed by atoms with Crippen molar-refractivity contribution in [2.24, 2.45) is 0 Å². The molecule has 0 aliphatic rings. The van der Waals surface area contributed by atoms with Crippen LogP contribution in [0.2, 0.25) is 0 Å². The SMILES string of the molecule is COC(=O)CCCCCNC(=S)N[C@@H](c1ccccc1)c1cccs1. The monoisotopic (exact) mass is 376 g/mol. The Morgan fingerprint density at radius 1 is 1.16 bits per heavy atom. The molecule has 0 amide bonds. The number of hydrogen-bond donors (Lipinski definition) is 2. The van der Waals surface area contributed by atoms with Gasteiger partial charge in [0, 0.05) is 17.8 Å². The van der Waals surface area contributed by atoms with E-state index < -0.39 is 0 Å². The van der Waals surface area contributed by atoms with Crippen molar-refractivity contribution in [2.45, 2.75) is 31.7 Å². The second-order valence-corrected chi connectivity index (χ2v) is 7.03. The van der Waals surface area contributed by atoms with Gasteiger partial charge in [-0.25, -0.2) is 0 Å². The summed E-state index contributed by atoms with van der Waals surface area (Å²) >= 11 is 7.16. The topological polar surface area (TPSA) is 50.4 Å². The van der Waals surface area contributed by atoms with E-state index in [1.54, 1.807) is 11.3 Å². The molecule has 0 unspecified atom stereocenters. The van der Waals surface area contributed by atoms with Gasteiger partial charge < -0.3 is 15.4 Å². The van der Waals surface area contributed by atoms with Gasteiger partial charge in [0.25, 0.3) is 0 Å². The van der Waals surface area contributed by atoms with Crippen molar-refractivity contribution < 1.29 is 9.53 Å². The van der Waals surface area contributed by atoms with Gasteiger partial charge in [0.1, 0.15) is 0 Å². The van der Waals surface area contributed by atoms with Crippen molar-refractivity contribution in [3.63, 3.8) is 0 Å². The number of benzene rings is 1. The number of thiophene rings is 1. The molecule has 1 aromatic carbocycles. The number of nitrogens with one attached hydrogen (secondary N) is 2. The molecular formula is C19H24N2O2S2. The molecule has 134 valence electrons. The summed E-state index contributed by atoms with van der Waals surface area (Å²) in [6, 6.07) is 14.5. The average Bonchev–Trinajstić information content (AvgIpc) is 3.17. The standard InChI is InChI=1S/C19H24N2O2S2/c1-23-17(22)12-6-3-7-13-20-19(24)21-18(16-11-8-14-25-16)15-9-4-2-5-10-15/h2,4-5,8-11,14,18H,3,6-7,12-13H2,1H3,(H2,20,21,24)/t18-/m0/s1. The summed E-state index contributed by atoms with van der Waals surface area (Å²) in [6.07, 6.45) is 3.26. The first-order valence-corrected chi connectivity index (χ1v) is 9.69. The summed E-state index contributed by atoms with van der Waals surface area (Å²) < 4.78 is 4.63. The van der Waals surface area contributed by atoms with Crippen LogP contribution >= 0.6 is 23.6 Å². The molecule has 1 atom stereocenters. The molecule has 0 aliphatic carbocycles. The van der Waals surface area contributed by atoms with Crippen molar-refractivity contribution in [1.29, 1.82) is 0 Å². The van der Waals surface area contributed by atoms with Crippen LogP contribution in [0.15, 0.2) is 47.8 Å². The van der Waals surface area contributed by atoms with Crippen molar-refractivity contribution in [1.82, 2.24) is 10.6 Å². The fraction of sp³-hybridized carbons (Fsp3) is 0.368. The Labute approximate surface area is 158 Å². The van der Waals surface area contributed by atoms with E-state index in [-0.39, 0.29) is 12.0 Å². The number of ether oxygens (including phenoxy) is 1. The van der Waals surface area contributed by atoms with Gasteiger partial charge in [-0.2, -0.15) is 0 Å². The first kappa shape index (κ1) is 19.4. The summed E-state index contributed by atoms with van der Waals surface area (Å²) in [5.41, 5.74) is 1.19. The zero-order chi connectivity index (χ0) is 17.9. The zero-order valence-electron chi connectivity index (χ0n) is 14.4. The Hall–Kier alpha value is -1.92. The van der Waals surface area contributed by atoms with Crippen LogP contribution in [0.4, 0.5) is 0 Å². The molecule has 2 aromatic rings. The molecular weight excluding hydrogens is 352 g/mol. The predicted molar refractivity (Wildman–Crippen MR) is 107 cm³/mol. The molecule has 0 fully saturated rings. The first-order chi connectivity index (χ1) is 12.2. The number of hydrogen-bond acceptors (Lipinski definition) is 4. The number of unbranched alkanes of at least 4 members (excludes halogenated alkanes) is 2.